The van der Waals surface area contributed by atoms with Crippen LogP contribution in [-0.2, 0) is 6.18 Å². The zero-order chi connectivity index (χ0) is 24.8. The van der Waals surface area contributed by atoms with E-state index in [1.165, 1.54) is 18.4 Å². The van der Waals surface area contributed by atoms with Crippen LogP contribution in [0.5, 0.6) is 5.88 Å². The smallest absolute Gasteiger partial charge is 0.433 e. The summed E-state index contributed by atoms with van der Waals surface area (Å²) in [6.45, 7) is 0. The third kappa shape index (κ3) is 3.79. The van der Waals surface area contributed by atoms with Crippen LogP contribution in [0, 0.1) is 10.1 Å². The van der Waals surface area contributed by atoms with Crippen LogP contribution in [0.1, 0.15) is 25.9 Å². The first-order valence-electron chi connectivity index (χ1n) is 8.99. The molecule has 176 valence electrons. The Balaban J connectivity index is 1.95. The monoisotopic (exact) mass is 496 g/mol. The second-order valence-electron chi connectivity index (χ2n) is 6.55. The Bertz CT molecular complexity index is 1440. The topological polar surface area (TPSA) is 179 Å². The first-order chi connectivity index (χ1) is 16.0. The molecule has 4 aromatic rings. The maximum Gasteiger partial charge on any atom is 0.433 e. The zero-order valence-electron chi connectivity index (χ0n) is 16.7. The van der Waals surface area contributed by atoms with Gasteiger partial charge < -0.3 is 20.2 Å². The van der Waals surface area contributed by atoms with E-state index in [0.29, 0.717) is 17.4 Å². The van der Waals surface area contributed by atoms with Crippen LogP contribution >= 0.6 is 11.3 Å². The summed E-state index contributed by atoms with van der Waals surface area (Å²) in [6, 6.07) is 3.48. The number of nitrogens with zero attached hydrogens (tertiary/aromatic N) is 3. The molecule has 0 aliphatic carbocycles. The molecule has 0 fully saturated rings. The third-order valence-electron chi connectivity index (χ3n) is 4.51. The van der Waals surface area contributed by atoms with Crippen LogP contribution in [0.15, 0.2) is 28.9 Å². The van der Waals surface area contributed by atoms with Crippen molar-refractivity contribution in [3.63, 3.8) is 0 Å². The van der Waals surface area contributed by atoms with E-state index in [1.807, 2.05) is 0 Å². The summed E-state index contributed by atoms with van der Waals surface area (Å²) in [4.78, 5) is 38.4. The van der Waals surface area contributed by atoms with Gasteiger partial charge in [-0.1, -0.05) is 0 Å². The fraction of sp³-hybridized carbons (Fsp3) is 0.111. The standard InChI is InChI=1S/C18H11F3N6O6S/c1-32-16-12(27(30)31)11(25-26-16)15(29)24-10-9-6(7-3-2-4-33-7)5-8(18(19,20)21)23-17(9)34-13(10)14(22)28/h2-5H,1H3,(H2,22,28)(H,24,29)(H,25,26). The summed E-state index contributed by atoms with van der Waals surface area (Å²) < 4.78 is 50.4. The lowest BCUT2D eigenvalue weighted by Gasteiger charge is -2.10. The SMILES string of the molecule is COc1n[nH]c(C(=O)Nc2c(C(N)=O)sc3nc(C(F)(F)F)cc(-c4ccco4)c23)c1[N+](=O)[O-]. The second kappa shape index (κ2) is 8.14. The lowest BCUT2D eigenvalue weighted by Crippen LogP contribution is -2.18. The van der Waals surface area contributed by atoms with Gasteiger partial charge in [-0.25, -0.2) is 4.98 Å². The lowest BCUT2D eigenvalue weighted by atomic mass is 10.1. The highest BCUT2D eigenvalue weighted by atomic mass is 32.1. The van der Waals surface area contributed by atoms with Gasteiger partial charge in [0, 0.05) is 10.9 Å². The number of hydrogen-bond acceptors (Lipinski definition) is 9. The number of halogens is 3. The fourth-order valence-electron chi connectivity index (χ4n) is 3.13. The molecule has 0 aromatic carbocycles. The summed E-state index contributed by atoms with van der Waals surface area (Å²) >= 11 is 0.505. The van der Waals surface area contributed by atoms with Crippen molar-refractivity contribution in [2.24, 2.45) is 5.73 Å². The molecule has 4 rings (SSSR count). The molecule has 0 radical (unpaired) electrons. The molecule has 0 bridgehead atoms. The number of ether oxygens (including phenoxy) is 1. The van der Waals surface area contributed by atoms with Gasteiger partial charge in [0.05, 0.1) is 24.0 Å². The number of pyridine rings is 1. The van der Waals surface area contributed by atoms with E-state index in [-0.39, 0.29) is 32.1 Å². The minimum Gasteiger partial charge on any atom is -0.475 e. The van der Waals surface area contributed by atoms with Gasteiger partial charge in [-0.05, 0) is 18.2 Å². The number of nitro groups is 1. The van der Waals surface area contributed by atoms with Crippen LogP contribution < -0.4 is 15.8 Å². The first kappa shape index (κ1) is 22.7. The van der Waals surface area contributed by atoms with Gasteiger partial charge in [-0.3, -0.25) is 24.8 Å². The molecule has 34 heavy (non-hydrogen) atoms. The highest BCUT2D eigenvalue weighted by Gasteiger charge is 2.36. The number of nitrogens with one attached hydrogen (secondary N) is 2. The molecule has 0 atom stereocenters. The number of methoxy groups -OCH3 is 1. The van der Waals surface area contributed by atoms with Crippen molar-refractivity contribution in [1.29, 1.82) is 0 Å². The zero-order valence-corrected chi connectivity index (χ0v) is 17.5. The number of amides is 2. The third-order valence-corrected chi connectivity index (χ3v) is 5.61. The molecule has 12 nitrogen and oxygen atoms in total. The quantitative estimate of drug-likeness (QED) is 0.268. The van der Waals surface area contributed by atoms with Crippen molar-refractivity contribution in [1.82, 2.24) is 15.2 Å². The van der Waals surface area contributed by atoms with Crippen molar-refractivity contribution >= 4 is 44.7 Å². The van der Waals surface area contributed by atoms with Crippen molar-refractivity contribution in [3.05, 3.63) is 50.8 Å². The Morgan fingerprint density at radius 1 is 1.38 bits per heavy atom. The van der Waals surface area contributed by atoms with Gasteiger partial charge in [0.25, 0.3) is 11.8 Å². The van der Waals surface area contributed by atoms with Crippen LogP contribution in [0.25, 0.3) is 21.5 Å². The van der Waals surface area contributed by atoms with Crippen LogP contribution in [0.4, 0.5) is 24.5 Å². The summed E-state index contributed by atoms with van der Waals surface area (Å²) in [6.07, 6.45) is -3.61. The number of thiophene rings is 1. The molecule has 4 aromatic heterocycles. The molecule has 0 saturated carbocycles. The largest absolute Gasteiger partial charge is 0.475 e. The van der Waals surface area contributed by atoms with Gasteiger partial charge in [-0.2, -0.15) is 13.2 Å². The summed E-state index contributed by atoms with van der Waals surface area (Å²) in [5.41, 5.74) is 2.26. The van der Waals surface area contributed by atoms with E-state index in [1.54, 1.807) is 0 Å². The molecule has 0 aliphatic heterocycles. The number of aromatic nitrogens is 3. The van der Waals surface area contributed by atoms with Gasteiger partial charge in [0.2, 0.25) is 5.69 Å². The van der Waals surface area contributed by atoms with Crippen LogP contribution in [0.3, 0.4) is 0 Å². The lowest BCUT2D eigenvalue weighted by molar-refractivity contribution is -0.386. The number of furan rings is 1. The van der Waals surface area contributed by atoms with Crippen molar-refractivity contribution in [2.45, 2.75) is 6.18 Å². The van der Waals surface area contributed by atoms with Crippen molar-refractivity contribution < 1.29 is 36.8 Å². The second-order valence-corrected chi connectivity index (χ2v) is 7.55. The fourth-order valence-corrected chi connectivity index (χ4v) is 4.14. The highest BCUT2D eigenvalue weighted by Crippen LogP contribution is 2.44. The van der Waals surface area contributed by atoms with E-state index in [2.05, 4.69) is 20.5 Å². The molecule has 2 amide bonds. The molecule has 4 N–H and O–H groups in total. The number of H-pyrrole nitrogens is 1. The molecule has 0 aliphatic rings. The number of carbonyl (C=O) groups is 2. The number of hydrogen-bond donors (Lipinski definition) is 3. The minimum absolute atomic E-state index is 0.0172. The Hall–Kier alpha value is -4.47. The molecule has 0 saturated heterocycles. The summed E-state index contributed by atoms with van der Waals surface area (Å²) in [7, 11) is 1.10. The van der Waals surface area contributed by atoms with E-state index < -0.39 is 45.9 Å². The molecule has 4 heterocycles. The van der Waals surface area contributed by atoms with Crippen molar-refractivity contribution in [3.8, 4) is 17.2 Å². The first-order valence-corrected chi connectivity index (χ1v) is 9.81. The van der Waals surface area contributed by atoms with Gasteiger partial charge >= 0.3 is 17.7 Å². The Labute approximate surface area is 189 Å². The van der Waals surface area contributed by atoms with Gasteiger partial charge in [0.1, 0.15) is 21.2 Å². The number of rotatable bonds is 6. The predicted molar refractivity (Wildman–Crippen MR) is 111 cm³/mol. The molecule has 0 unspecified atom stereocenters. The van der Waals surface area contributed by atoms with Crippen LogP contribution in [-0.4, -0.2) is 39.0 Å². The molecule has 16 heteroatoms. The Morgan fingerprint density at radius 3 is 2.68 bits per heavy atom. The number of nitrogens with two attached hydrogens (primary N) is 1. The van der Waals surface area contributed by atoms with Gasteiger partial charge in [0.15, 0.2) is 0 Å². The average molecular weight is 496 g/mol. The number of carbonyl (C=O) groups excluding carboxylic acids is 2. The number of alkyl halides is 3. The van der Waals surface area contributed by atoms with Crippen molar-refractivity contribution in [2.75, 3.05) is 12.4 Å². The maximum absolute atomic E-state index is 13.5. The summed E-state index contributed by atoms with van der Waals surface area (Å²) in [5.74, 6) is -2.70. The number of primary amides is 1. The molecular weight excluding hydrogens is 485 g/mol. The normalized spacial score (nSPS) is 11.5. The predicted octanol–water partition coefficient (Wildman–Crippen LogP) is 3.57. The number of fused-ring (bicyclic) bond motifs is 1. The van der Waals surface area contributed by atoms with Gasteiger partial charge in [-0.15, -0.1) is 16.4 Å². The molecule has 0 spiro atoms. The number of anilines is 1. The number of aromatic amines is 1. The maximum atomic E-state index is 13.5. The van der Waals surface area contributed by atoms with E-state index in [9.17, 15) is 32.9 Å². The highest BCUT2D eigenvalue weighted by molar-refractivity contribution is 7.21. The Morgan fingerprint density at radius 2 is 2.12 bits per heavy atom. The Kier molecular flexibility index (Phi) is 5.44. The molecular formula is C18H11F3N6O6S. The van der Waals surface area contributed by atoms with Crippen LogP contribution in [0.2, 0.25) is 0 Å². The minimum atomic E-state index is -4.83. The van der Waals surface area contributed by atoms with E-state index in [0.717, 1.165) is 7.11 Å². The average Bonchev–Trinajstić information content (AvgIpc) is 3.50. The summed E-state index contributed by atoms with van der Waals surface area (Å²) in [5, 5.41) is 19.3. The van der Waals surface area contributed by atoms with E-state index in [4.69, 9.17) is 14.9 Å². The van der Waals surface area contributed by atoms with E-state index >= 15 is 0 Å².